The average molecular weight is 285 g/mol. The Morgan fingerprint density at radius 2 is 2.05 bits per heavy atom. The lowest BCUT2D eigenvalue weighted by Gasteiger charge is -2.51. The molecule has 0 amide bonds. The van der Waals surface area contributed by atoms with Gasteiger partial charge in [0.15, 0.2) is 0 Å². The zero-order chi connectivity index (χ0) is 14.6. The first-order valence-corrected chi connectivity index (χ1v) is 8.62. The molecule has 0 saturated heterocycles. The van der Waals surface area contributed by atoms with Crippen LogP contribution in [0.2, 0.25) is 0 Å². The Hall–Kier alpha value is -1.02. The van der Waals surface area contributed by atoms with Crippen LogP contribution in [-0.2, 0) is 6.42 Å². The van der Waals surface area contributed by atoms with E-state index in [4.69, 9.17) is 0 Å². The van der Waals surface area contributed by atoms with Crippen LogP contribution in [0.4, 0.5) is 0 Å². The van der Waals surface area contributed by atoms with Crippen molar-refractivity contribution in [2.45, 2.75) is 57.4 Å². The first kappa shape index (κ1) is 13.6. The quantitative estimate of drug-likeness (QED) is 0.822. The largest absolute Gasteiger partial charge is 0.508 e. The third-order valence-electron chi connectivity index (χ3n) is 7.06. The van der Waals surface area contributed by atoms with Crippen LogP contribution in [0.1, 0.15) is 56.1 Å². The van der Waals surface area contributed by atoms with Gasteiger partial charge in [-0.1, -0.05) is 13.0 Å². The number of fused-ring (bicyclic) bond motifs is 5. The molecule has 0 radical (unpaired) electrons. The van der Waals surface area contributed by atoms with Gasteiger partial charge in [-0.05, 0) is 92.0 Å². The van der Waals surface area contributed by atoms with Crippen molar-refractivity contribution in [3.63, 3.8) is 0 Å². The lowest BCUT2D eigenvalue weighted by atomic mass is 9.55. The van der Waals surface area contributed by atoms with Crippen molar-refractivity contribution in [1.82, 2.24) is 5.32 Å². The molecule has 1 aromatic rings. The number of aromatic hydroxyl groups is 1. The summed E-state index contributed by atoms with van der Waals surface area (Å²) in [4.78, 5) is 0. The lowest BCUT2D eigenvalue weighted by molar-refractivity contribution is 0.0430. The summed E-state index contributed by atoms with van der Waals surface area (Å²) in [6.07, 6.45) is 7.90. The minimum absolute atomic E-state index is 0.434. The number of benzene rings is 1. The van der Waals surface area contributed by atoms with Crippen molar-refractivity contribution in [3.8, 4) is 5.75 Å². The van der Waals surface area contributed by atoms with Gasteiger partial charge in [-0.15, -0.1) is 0 Å². The maximum atomic E-state index is 9.73. The van der Waals surface area contributed by atoms with E-state index >= 15 is 0 Å². The summed E-state index contributed by atoms with van der Waals surface area (Å²) >= 11 is 0. The summed E-state index contributed by atoms with van der Waals surface area (Å²) in [5, 5.41) is 13.3. The molecule has 0 heterocycles. The minimum atomic E-state index is 0.434. The fourth-order valence-electron chi connectivity index (χ4n) is 6.04. The monoisotopic (exact) mass is 285 g/mol. The molecule has 0 bridgehead atoms. The molecule has 3 aliphatic carbocycles. The van der Waals surface area contributed by atoms with Crippen LogP contribution in [0.25, 0.3) is 0 Å². The first-order valence-electron chi connectivity index (χ1n) is 8.62. The van der Waals surface area contributed by atoms with E-state index in [0.29, 0.717) is 17.2 Å². The molecule has 0 aliphatic heterocycles. The third-order valence-corrected chi connectivity index (χ3v) is 7.06. The van der Waals surface area contributed by atoms with Crippen LogP contribution < -0.4 is 5.32 Å². The van der Waals surface area contributed by atoms with Crippen molar-refractivity contribution in [2.75, 3.05) is 7.05 Å². The van der Waals surface area contributed by atoms with Gasteiger partial charge in [-0.3, -0.25) is 0 Å². The maximum absolute atomic E-state index is 9.73. The van der Waals surface area contributed by atoms with Crippen molar-refractivity contribution < 1.29 is 5.11 Å². The molecule has 2 heteroatoms. The minimum Gasteiger partial charge on any atom is -0.508 e. The summed E-state index contributed by atoms with van der Waals surface area (Å²) in [6, 6.07) is 6.81. The van der Waals surface area contributed by atoms with Gasteiger partial charge in [0.2, 0.25) is 0 Å². The van der Waals surface area contributed by atoms with E-state index < -0.39 is 0 Å². The van der Waals surface area contributed by atoms with Gasteiger partial charge in [0.05, 0.1) is 0 Å². The molecule has 2 fully saturated rings. The highest BCUT2D eigenvalue weighted by atomic mass is 16.3. The molecule has 21 heavy (non-hydrogen) atoms. The number of rotatable bonds is 1. The smallest absolute Gasteiger partial charge is 0.115 e. The van der Waals surface area contributed by atoms with Gasteiger partial charge in [-0.25, -0.2) is 0 Å². The molecular weight excluding hydrogens is 258 g/mol. The second-order valence-electron chi connectivity index (χ2n) is 7.76. The number of hydrogen-bond acceptors (Lipinski definition) is 2. The highest BCUT2D eigenvalue weighted by Crippen LogP contribution is 2.60. The number of phenols is 1. The Kier molecular flexibility index (Phi) is 3.08. The van der Waals surface area contributed by atoms with Crippen molar-refractivity contribution >= 4 is 0 Å². The second kappa shape index (κ2) is 4.74. The van der Waals surface area contributed by atoms with E-state index in [0.717, 1.165) is 24.2 Å². The fraction of sp³-hybridized carbons (Fsp3) is 0.684. The van der Waals surface area contributed by atoms with E-state index in [1.54, 1.807) is 5.56 Å². The van der Waals surface area contributed by atoms with Crippen LogP contribution in [0.3, 0.4) is 0 Å². The van der Waals surface area contributed by atoms with Crippen LogP contribution in [0, 0.1) is 17.3 Å². The molecule has 2 nitrogen and oxygen atoms in total. The normalized spacial score (nSPS) is 41.2. The first-order chi connectivity index (χ1) is 10.1. The highest BCUT2D eigenvalue weighted by Gasteiger charge is 2.54. The predicted molar refractivity (Wildman–Crippen MR) is 85.6 cm³/mol. The van der Waals surface area contributed by atoms with E-state index in [9.17, 15) is 5.11 Å². The number of aryl methyl sites for hydroxylation is 1. The topological polar surface area (TPSA) is 32.3 Å². The number of nitrogens with one attached hydrogen (secondary N) is 1. The highest BCUT2D eigenvalue weighted by molar-refractivity contribution is 5.40. The van der Waals surface area contributed by atoms with Crippen LogP contribution in [0.15, 0.2) is 18.2 Å². The van der Waals surface area contributed by atoms with Crippen LogP contribution >= 0.6 is 0 Å². The molecule has 0 aromatic heterocycles. The van der Waals surface area contributed by atoms with Crippen LogP contribution in [-0.4, -0.2) is 18.2 Å². The molecule has 2 N–H and O–H groups in total. The van der Waals surface area contributed by atoms with Gasteiger partial charge >= 0.3 is 0 Å². The summed E-state index contributed by atoms with van der Waals surface area (Å²) in [6.45, 7) is 2.54. The van der Waals surface area contributed by atoms with E-state index in [2.05, 4.69) is 25.4 Å². The van der Waals surface area contributed by atoms with Crippen LogP contribution in [0.5, 0.6) is 5.75 Å². The molecular formula is C19H27NO. The number of hydrogen-bond donors (Lipinski definition) is 2. The number of phenolic OH excluding ortho intramolecular Hbond substituents is 1. The molecule has 5 atom stereocenters. The predicted octanol–water partition coefficient (Wildman–Crippen LogP) is 3.84. The molecule has 1 unspecified atom stereocenters. The summed E-state index contributed by atoms with van der Waals surface area (Å²) in [5.74, 6) is 2.92. The Labute approximate surface area is 128 Å². The molecule has 4 rings (SSSR count). The summed E-state index contributed by atoms with van der Waals surface area (Å²) < 4.78 is 0. The molecule has 2 saturated carbocycles. The zero-order valence-corrected chi connectivity index (χ0v) is 13.2. The molecule has 3 aliphatic rings. The fourth-order valence-corrected chi connectivity index (χ4v) is 6.04. The maximum Gasteiger partial charge on any atom is 0.115 e. The van der Waals surface area contributed by atoms with Gasteiger partial charge in [0.1, 0.15) is 5.75 Å². The summed E-state index contributed by atoms with van der Waals surface area (Å²) in [7, 11) is 2.14. The van der Waals surface area contributed by atoms with Crippen molar-refractivity contribution in [2.24, 2.45) is 17.3 Å². The molecule has 1 aromatic carbocycles. The van der Waals surface area contributed by atoms with Crippen molar-refractivity contribution in [1.29, 1.82) is 0 Å². The van der Waals surface area contributed by atoms with Gasteiger partial charge in [0, 0.05) is 6.04 Å². The molecule has 0 spiro atoms. The van der Waals surface area contributed by atoms with E-state index in [1.165, 1.54) is 37.7 Å². The van der Waals surface area contributed by atoms with E-state index in [-0.39, 0.29) is 0 Å². The van der Waals surface area contributed by atoms with Gasteiger partial charge in [-0.2, -0.15) is 0 Å². The summed E-state index contributed by atoms with van der Waals surface area (Å²) in [5.41, 5.74) is 3.45. The Morgan fingerprint density at radius 3 is 2.86 bits per heavy atom. The Morgan fingerprint density at radius 1 is 1.19 bits per heavy atom. The second-order valence-corrected chi connectivity index (χ2v) is 7.76. The van der Waals surface area contributed by atoms with Gasteiger partial charge < -0.3 is 10.4 Å². The third kappa shape index (κ3) is 1.88. The van der Waals surface area contributed by atoms with Gasteiger partial charge in [0.25, 0.3) is 0 Å². The van der Waals surface area contributed by atoms with E-state index in [1.807, 2.05) is 12.1 Å². The lowest BCUT2D eigenvalue weighted by Crippen LogP contribution is -2.47. The molecule has 114 valence electrons. The Balaban J connectivity index is 1.68. The van der Waals surface area contributed by atoms with Crippen molar-refractivity contribution in [3.05, 3.63) is 29.3 Å². The SMILES string of the molecule is CNC1CC[C@H]2[C@@H]3CCc4cc(O)ccc4[C@H]3CC[C@]12C. The average Bonchev–Trinajstić information content (AvgIpc) is 2.83. The Bertz CT molecular complexity index is 554. The standard InChI is InChI=1S/C19H27NO/c1-19-10-9-15-14-6-4-13(21)11-12(14)3-5-16(15)17(19)7-8-18(19)20-2/h4,6,11,15-18,20-21H,3,5,7-10H2,1-2H3/t15-,16-,17+,18?,19+/m1/s1. The zero-order valence-electron chi connectivity index (χ0n) is 13.2.